The highest BCUT2D eigenvalue weighted by Gasteiger charge is 2.49. The Hall–Kier alpha value is -1.25. The van der Waals surface area contributed by atoms with Crippen LogP contribution < -0.4 is 4.90 Å². The number of fused-ring (bicyclic) bond motifs is 1. The van der Waals surface area contributed by atoms with E-state index in [2.05, 4.69) is 4.99 Å². The number of hydrogen-bond acceptors (Lipinski definition) is 4. The van der Waals surface area contributed by atoms with E-state index in [-0.39, 0.29) is 35.1 Å². The van der Waals surface area contributed by atoms with Gasteiger partial charge in [0.2, 0.25) is 0 Å². The molecule has 2 aliphatic heterocycles. The second kappa shape index (κ2) is 8.12. The van der Waals surface area contributed by atoms with Gasteiger partial charge in [0.15, 0.2) is 15.0 Å². The van der Waals surface area contributed by atoms with Crippen LogP contribution in [0.15, 0.2) is 47.5 Å². The Morgan fingerprint density at radius 3 is 2.48 bits per heavy atom. The molecule has 29 heavy (non-hydrogen) atoms. The lowest BCUT2D eigenvalue weighted by Crippen LogP contribution is -2.38. The van der Waals surface area contributed by atoms with Gasteiger partial charge in [-0.05, 0) is 35.9 Å². The summed E-state index contributed by atoms with van der Waals surface area (Å²) in [4.78, 5) is 18.6. The fourth-order valence-electron chi connectivity index (χ4n) is 3.44. The summed E-state index contributed by atoms with van der Waals surface area (Å²) >= 11 is 19.7. The van der Waals surface area contributed by atoms with E-state index in [0.29, 0.717) is 25.9 Å². The Morgan fingerprint density at radius 2 is 1.76 bits per heavy atom. The van der Waals surface area contributed by atoms with Crippen molar-refractivity contribution in [3.8, 4) is 0 Å². The second-order valence-corrected chi connectivity index (χ2v) is 11.5. The minimum atomic E-state index is -3.16. The zero-order valence-corrected chi connectivity index (χ0v) is 18.8. The summed E-state index contributed by atoms with van der Waals surface area (Å²) < 4.78 is 24.3. The Balaban J connectivity index is 1.67. The van der Waals surface area contributed by atoms with Gasteiger partial charge in [0.05, 0.1) is 34.7 Å². The molecule has 4 rings (SSSR count). The first kappa shape index (κ1) is 21.0. The quantitative estimate of drug-likeness (QED) is 0.635. The molecular weight excluding hydrogens is 475 g/mol. The molecule has 0 radical (unpaired) electrons. The number of benzene rings is 2. The largest absolute Gasteiger partial charge is 0.314 e. The highest BCUT2D eigenvalue weighted by molar-refractivity contribution is 8.16. The number of carbonyl (C=O) groups excluding carboxylic acids is 1. The zero-order chi connectivity index (χ0) is 20.8. The summed E-state index contributed by atoms with van der Waals surface area (Å²) in [6.07, 6.45) is 0.117. The predicted molar refractivity (Wildman–Crippen MR) is 120 cm³/mol. The standard InChI is InChI=1S/C19H15Cl3N2O3S2/c20-12-3-1-11(2-4-12)7-18(25)23-19-24(15-8-13(21)5-6-14(15)22)16-9-29(26,27)10-17(16)28-19/h1-6,8,16-17H,7,9-10H2/t16-,17-/m1/s1. The predicted octanol–water partition coefficient (Wildman–Crippen LogP) is 4.49. The first-order valence-electron chi connectivity index (χ1n) is 8.69. The summed E-state index contributed by atoms with van der Waals surface area (Å²) in [7, 11) is -3.16. The van der Waals surface area contributed by atoms with Gasteiger partial charge in [-0.3, -0.25) is 4.79 Å². The van der Waals surface area contributed by atoms with Gasteiger partial charge in [-0.25, -0.2) is 8.42 Å². The molecular formula is C19H15Cl3N2O3S2. The smallest absolute Gasteiger partial charge is 0.252 e. The first-order chi connectivity index (χ1) is 13.7. The molecule has 0 spiro atoms. The van der Waals surface area contributed by atoms with Crippen molar-refractivity contribution in [1.82, 2.24) is 0 Å². The molecule has 0 aromatic heterocycles. The highest BCUT2D eigenvalue weighted by atomic mass is 35.5. The number of halogens is 3. The number of anilines is 1. The maximum absolute atomic E-state index is 12.6. The molecule has 0 unspecified atom stereocenters. The summed E-state index contributed by atoms with van der Waals surface area (Å²) in [6, 6.07) is 11.6. The van der Waals surface area contributed by atoms with E-state index in [4.69, 9.17) is 34.8 Å². The van der Waals surface area contributed by atoms with Crippen LogP contribution in [0.4, 0.5) is 5.69 Å². The minimum absolute atomic E-state index is 0.0160. The van der Waals surface area contributed by atoms with Gasteiger partial charge in [-0.2, -0.15) is 4.99 Å². The maximum atomic E-state index is 12.6. The van der Waals surface area contributed by atoms with Crippen LogP contribution >= 0.6 is 46.6 Å². The van der Waals surface area contributed by atoms with Gasteiger partial charge in [-0.1, -0.05) is 58.7 Å². The van der Waals surface area contributed by atoms with Gasteiger partial charge < -0.3 is 4.90 Å². The summed E-state index contributed by atoms with van der Waals surface area (Å²) in [5.41, 5.74) is 1.34. The van der Waals surface area contributed by atoms with Crippen molar-refractivity contribution in [2.24, 2.45) is 4.99 Å². The van der Waals surface area contributed by atoms with Gasteiger partial charge in [-0.15, -0.1) is 0 Å². The number of sulfone groups is 1. The average Bonchev–Trinajstić information content (AvgIpc) is 3.10. The SMILES string of the molecule is O=C(Cc1ccc(Cl)cc1)N=C1S[C@@H]2CS(=O)(=O)C[C@H]2N1c1cc(Cl)ccc1Cl. The van der Waals surface area contributed by atoms with Gasteiger partial charge in [0.1, 0.15) is 0 Å². The number of amidine groups is 1. The molecule has 2 atom stereocenters. The van der Waals surface area contributed by atoms with Gasteiger partial charge >= 0.3 is 0 Å². The molecule has 2 aliphatic rings. The molecule has 5 nitrogen and oxygen atoms in total. The van der Waals surface area contributed by atoms with Gasteiger partial charge in [0.25, 0.3) is 5.91 Å². The second-order valence-electron chi connectivity index (χ2n) is 6.86. The summed E-state index contributed by atoms with van der Waals surface area (Å²) in [6.45, 7) is 0. The molecule has 2 saturated heterocycles. The number of aliphatic imine (C=N–C) groups is 1. The van der Waals surface area contributed by atoms with Crippen LogP contribution in [-0.4, -0.2) is 42.3 Å². The number of carbonyl (C=O) groups is 1. The fourth-order valence-corrected chi connectivity index (χ4v) is 7.86. The lowest BCUT2D eigenvalue weighted by molar-refractivity contribution is -0.117. The Bertz CT molecular complexity index is 1100. The Morgan fingerprint density at radius 1 is 1.07 bits per heavy atom. The average molecular weight is 490 g/mol. The summed E-state index contributed by atoms with van der Waals surface area (Å²) in [5, 5.41) is 1.70. The van der Waals surface area contributed by atoms with Crippen molar-refractivity contribution in [1.29, 1.82) is 0 Å². The monoisotopic (exact) mass is 488 g/mol. The number of thioether (sulfide) groups is 1. The maximum Gasteiger partial charge on any atom is 0.252 e. The normalized spacial score (nSPS) is 24.1. The van der Waals surface area contributed by atoms with Crippen molar-refractivity contribution < 1.29 is 13.2 Å². The molecule has 0 aliphatic carbocycles. The molecule has 2 fully saturated rings. The van der Waals surface area contributed by atoms with Crippen molar-refractivity contribution in [3.63, 3.8) is 0 Å². The number of amides is 1. The van der Waals surface area contributed by atoms with Crippen LogP contribution in [0.5, 0.6) is 0 Å². The van der Waals surface area contributed by atoms with Crippen LogP contribution in [0.3, 0.4) is 0 Å². The lowest BCUT2D eigenvalue weighted by Gasteiger charge is -2.25. The number of hydrogen-bond donors (Lipinski definition) is 0. The molecule has 10 heteroatoms. The van der Waals surface area contributed by atoms with Crippen LogP contribution in [-0.2, 0) is 21.1 Å². The Kier molecular flexibility index (Phi) is 5.88. The highest BCUT2D eigenvalue weighted by Crippen LogP contribution is 2.43. The molecule has 0 saturated carbocycles. The molecule has 2 heterocycles. The zero-order valence-electron chi connectivity index (χ0n) is 14.9. The fraction of sp³-hybridized carbons (Fsp3) is 0.263. The third-order valence-corrected chi connectivity index (χ3v) is 8.74. The molecule has 0 N–H and O–H groups in total. The van der Waals surface area contributed by atoms with Crippen molar-refractivity contribution in [2.75, 3.05) is 16.4 Å². The van der Waals surface area contributed by atoms with E-state index in [1.54, 1.807) is 47.4 Å². The van der Waals surface area contributed by atoms with Gasteiger partial charge in [0, 0.05) is 15.3 Å². The van der Waals surface area contributed by atoms with Crippen LogP contribution in [0.25, 0.3) is 0 Å². The topological polar surface area (TPSA) is 66.8 Å². The summed E-state index contributed by atoms with van der Waals surface area (Å²) in [5.74, 6) is -0.305. The van der Waals surface area contributed by atoms with Crippen molar-refractivity contribution in [3.05, 3.63) is 63.1 Å². The molecule has 1 amide bonds. The van der Waals surface area contributed by atoms with Crippen LogP contribution in [0.2, 0.25) is 15.1 Å². The van der Waals surface area contributed by atoms with Crippen LogP contribution in [0, 0.1) is 0 Å². The van der Waals surface area contributed by atoms with E-state index in [1.807, 2.05) is 0 Å². The molecule has 0 bridgehead atoms. The first-order valence-corrected chi connectivity index (χ1v) is 12.5. The third-order valence-electron chi connectivity index (χ3n) is 4.72. The van der Waals surface area contributed by atoms with Crippen molar-refractivity contribution >= 4 is 73.2 Å². The number of rotatable bonds is 3. The third kappa shape index (κ3) is 4.59. The lowest BCUT2D eigenvalue weighted by atomic mass is 10.1. The van der Waals surface area contributed by atoms with E-state index < -0.39 is 9.84 Å². The molecule has 152 valence electrons. The number of nitrogens with zero attached hydrogens (tertiary/aromatic N) is 2. The van der Waals surface area contributed by atoms with E-state index in [1.165, 1.54) is 11.8 Å². The minimum Gasteiger partial charge on any atom is -0.314 e. The van der Waals surface area contributed by atoms with E-state index in [0.717, 1.165) is 5.56 Å². The van der Waals surface area contributed by atoms with Crippen LogP contribution in [0.1, 0.15) is 5.56 Å². The molecule has 2 aromatic rings. The molecule has 2 aromatic carbocycles. The van der Waals surface area contributed by atoms with Crippen molar-refractivity contribution in [2.45, 2.75) is 17.7 Å². The Labute approximate surface area is 188 Å². The van der Waals surface area contributed by atoms with E-state index >= 15 is 0 Å². The van der Waals surface area contributed by atoms with E-state index in [9.17, 15) is 13.2 Å².